The highest BCUT2D eigenvalue weighted by atomic mass is 16.2. The largest absolute Gasteiger partial charge is 0.351 e. The highest BCUT2D eigenvalue weighted by Crippen LogP contribution is 2.16. The molecular weight excluding hydrogens is 274 g/mol. The Hall–Kier alpha value is -1.39. The molecule has 3 rings (SSSR count). The molecule has 4 heteroatoms. The van der Waals surface area contributed by atoms with Gasteiger partial charge in [-0.1, -0.05) is 30.7 Å². The van der Waals surface area contributed by atoms with E-state index in [4.69, 9.17) is 0 Å². The molecule has 0 aromatic heterocycles. The fourth-order valence-electron chi connectivity index (χ4n) is 3.46. The number of carbonyl (C=O) groups is 1. The maximum absolute atomic E-state index is 12.1. The summed E-state index contributed by atoms with van der Waals surface area (Å²) in [4.78, 5) is 14.7. The van der Waals surface area contributed by atoms with E-state index in [9.17, 15) is 4.79 Å². The zero-order chi connectivity index (χ0) is 15.2. The van der Waals surface area contributed by atoms with E-state index in [1.54, 1.807) is 0 Å². The van der Waals surface area contributed by atoms with Crippen molar-refractivity contribution in [3.63, 3.8) is 0 Å². The average molecular weight is 301 g/mol. The second-order valence-corrected chi connectivity index (χ2v) is 6.47. The van der Waals surface area contributed by atoms with Crippen LogP contribution in [-0.2, 0) is 17.9 Å². The van der Waals surface area contributed by atoms with Gasteiger partial charge in [-0.25, -0.2) is 0 Å². The molecule has 1 amide bonds. The molecule has 1 aromatic carbocycles. The van der Waals surface area contributed by atoms with Gasteiger partial charge in [0.15, 0.2) is 0 Å². The Kier molecular flexibility index (Phi) is 5.46. The number of benzene rings is 1. The van der Waals surface area contributed by atoms with Crippen molar-refractivity contribution in [3.8, 4) is 0 Å². The Morgan fingerprint density at radius 1 is 1.14 bits per heavy atom. The number of likely N-dealkylation sites (tertiary alicyclic amines) is 1. The highest BCUT2D eigenvalue weighted by Gasteiger charge is 2.21. The summed E-state index contributed by atoms with van der Waals surface area (Å²) < 4.78 is 0. The molecule has 120 valence electrons. The van der Waals surface area contributed by atoms with Crippen molar-refractivity contribution in [1.82, 2.24) is 15.5 Å². The molecule has 2 aliphatic rings. The summed E-state index contributed by atoms with van der Waals surface area (Å²) in [5.74, 6) is 0.144. The standard InChI is InChI=1S/C18H27N3O/c22-18(17-9-6-10-19-17)20-13-15-7-2-3-8-16(15)14-21-11-4-1-5-12-21/h2-3,7-8,17,19H,1,4-6,9-14H2,(H,20,22). The summed E-state index contributed by atoms with van der Waals surface area (Å²) in [6, 6.07) is 8.51. The van der Waals surface area contributed by atoms with Crippen molar-refractivity contribution >= 4 is 5.91 Å². The van der Waals surface area contributed by atoms with Gasteiger partial charge in [-0.05, 0) is 56.4 Å². The third kappa shape index (κ3) is 4.08. The number of amides is 1. The fraction of sp³-hybridized carbons (Fsp3) is 0.611. The van der Waals surface area contributed by atoms with Crippen LogP contribution in [0.1, 0.15) is 43.2 Å². The SMILES string of the molecule is O=C(NCc1ccccc1CN1CCCCC1)C1CCCN1. The van der Waals surface area contributed by atoms with Crippen LogP contribution in [0.25, 0.3) is 0 Å². The zero-order valence-electron chi connectivity index (χ0n) is 13.3. The Balaban J connectivity index is 1.57. The number of nitrogens with one attached hydrogen (secondary N) is 2. The van der Waals surface area contributed by atoms with E-state index in [0.717, 1.165) is 25.9 Å². The third-order valence-corrected chi connectivity index (χ3v) is 4.79. The Morgan fingerprint density at radius 3 is 2.64 bits per heavy atom. The lowest BCUT2D eigenvalue weighted by atomic mass is 10.0. The van der Waals surface area contributed by atoms with Crippen LogP contribution in [0.3, 0.4) is 0 Å². The van der Waals surface area contributed by atoms with Gasteiger partial charge >= 0.3 is 0 Å². The van der Waals surface area contributed by atoms with Gasteiger partial charge in [-0.3, -0.25) is 9.69 Å². The van der Waals surface area contributed by atoms with E-state index < -0.39 is 0 Å². The van der Waals surface area contributed by atoms with E-state index in [-0.39, 0.29) is 11.9 Å². The topological polar surface area (TPSA) is 44.4 Å². The first kappa shape index (κ1) is 15.5. The normalized spacial score (nSPS) is 22.6. The summed E-state index contributed by atoms with van der Waals surface area (Å²) in [6.07, 6.45) is 6.05. The van der Waals surface area contributed by atoms with Crippen molar-refractivity contribution in [1.29, 1.82) is 0 Å². The summed E-state index contributed by atoms with van der Waals surface area (Å²) in [5.41, 5.74) is 2.60. The minimum absolute atomic E-state index is 0.00857. The quantitative estimate of drug-likeness (QED) is 0.875. The van der Waals surface area contributed by atoms with Gasteiger partial charge in [0.25, 0.3) is 0 Å². The average Bonchev–Trinajstić information content (AvgIpc) is 3.09. The van der Waals surface area contributed by atoms with E-state index >= 15 is 0 Å². The predicted octanol–water partition coefficient (Wildman–Crippen LogP) is 2.04. The second-order valence-electron chi connectivity index (χ2n) is 6.47. The highest BCUT2D eigenvalue weighted by molar-refractivity contribution is 5.82. The predicted molar refractivity (Wildman–Crippen MR) is 88.4 cm³/mol. The molecule has 2 N–H and O–H groups in total. The van der Waals surface area contributed by atoms with Crippen LogP contribution in [0.5, 0.6) is 0 Å². The van der Waals surface area contributed by atoms with Crippen LogP contribution >= 0.6 is 0 Å². The Labute approximate surface area is 133 Å². The van der Waals surface area contributed by atoms with Gasteiger partial charge in [0.2, 0.25) is 5.91 Å². The first-order chi connectivity index (χ1) is 10.8. The number of rotatable bonds is 5. The van der Waals surface area contributed by atoms with Crippen LogP contribution in [0.15, 0.2) is 24.3 Å². The molecule has 1 unspecified atom stereocenters. The number of hydrogen-bond donors (Lipinski definition) is 2. The molecule has 0 spiro atoms. The van der Waals surface area contributed by atoms with Crippen LogP contribution < -0.4 is 10.6 Å². The molecule has 0 radical (unpaired) electrons. The van der Waals surface area contributed by atoms with Crippen molar-refractivity contribution < 1.29 is 4.79 Å². The van der Waals surface area contributed by atoms with Crippen LogP contribution in [0, 0.1) is 0 Å². The summed E-state index contributed by atoms with van der Waals surface area (Å²) >= 11 is 0. The maximum atomic E-state index is 12.1. The smallest absolute Gasteiger partial charge is 0.237 e. The molecule has 0 saturated carbocycles. The lowest BCUT2D eigenvalue weighted by Crippen LogP contribution is -2.40. The molecule has 1 atom stereocenters. The fourth-order valence-corrected chi connectivity index (χ4v) is 3.46. The Morgan fingerprint density at radius 2 is 1.91 bits per heavy atom. The molecular formula is C18H27N3O. The molecule has 0 aliphatic carbocycles. The maximum Gasteiger partial charge on any atom is 0.237 e. The molecule has 0 bridgehead atoms. The first-order valence-electron chi connectivity index (χ1n) is 8.63. The summed E-state index contributed by atoms with van der Waals surface area (Å²) in [5, 5.41) is 6.35. The van der Waals surface area contributed by atoms with Crippen molar-refractivity contribution in [2.24, 2.45) is 0 Å². The summed E-state index contributed by atoms with van der Waals surface area (Å²) in [7, 11) is 0. The minimum Gasteiger partial charge on any atom is -0.351 e. The summed E-state index contributed by atoms with van der Waals surface area (Å²) in [6.45, 7) is 5.01. The number of piperidine rings is 1. The van der Waals surface area contributed by atoms with E-state index in [2.05, 4.69) is 39.8 Å². The number of carbonyl (C=O) groups excluding carboxylic acids is 1. The first-order valence-corrected chi connectivity index (χ1v) is 8.63. The van der Waals surface area contributed by atoms with Crippen molar-refractivity contribution in [2.75, 3.05) is 19.6 Å². The van der Waals surface area contributed by atoms with Gasteiger partial charge in [0.1, 0.15) is 0 Å². The second kappa shape index (κ2) is 7.75. The van der Waals surface area contributed by atoms with E-state index in [0.29, 0.717) is 6.54 Å². The molecule has 22 heavy (non-hydrogen) atoms. The third-order valence-electron chi connectivity index (χ3n) is 4.79. The van der Waals surface area contributed by atoms with Crippen molar-refractivity contribution in [2.45, 2.75) is 51.2 Å². The monoisotopic (exact) mass is 301 g/mol. The zero-order valence-corrected chi connectivity index (χ0v) is 13.3. The number of hydrogen-bond acceptors (Lipinski definition) is 3. The van der Waals surface area contributed by atoms with Gasteiger partial charge in [0.05, 0.1) is 6.04 Å². The molecule has 2 aliphatic heterocycles. The molecule has 2 fully saturated rings. The van der Waals surface area contributed by atoms with Gasteiger partial charge in [0, 0.05) is 13.1 Å². The lowest BCUT2D eigenvalue weighted by Gasteiger charge is -2.27. The van der Waals surface area contributed by atoms with Gasteiger partial charge in [-0.15, -0.1) is 0 Å². The molecule has 4 nitrogen and oxygen atoms in total. The van der Waals surface area contributed by atoms with E-state index in [1.807, 2.05) is 0 Å². The molecule has 1 aromatic rings. The molecule has 2 heterocycles. The van der Waals surface area contributed by atoms with Gasteiger partial charge in [-0.2, -0.15) is 0 Å². The lowest BCUT2D eigenvalue weighted by molar-refractivity contribution is -0.122. The Bertz CT molecular complexity index is 491. The van der Waals surface area contributed by atoms with E-state index in [1.165, 1.54) is 43.5 Å². The van der Waals surface area contributed by atoms with Gasteiger partial charge < -0.3 is 10.6 Å². The van der Waals surface area contributed by atoms with Crippen LogP contribution in [-0.4, -0.2) is 36.5 Å². The van der Waals surface area contributed by atoms with Crippen LogP contribution in [0.2, 0.25) is 0 Å². The number of nitrogens with zero attached hydrogens (tertiary/aromatic N) is 1. The molecule has 2 saturated heterocycles. The minimum atomic E-state index is 0.00857. The van der Waals surface area contributed by atoms with Crippen molar-refractivity contribution in [3.05, 3.63) is 35.4 Å². The van der Waals surface area contributed by atoms with Crippen LogP contribution in [0.4, 0.5) is 0 Å².